The quantitative estimate of drug-likeness (QED) is 0.808. The predicted molar refractivity (Wildman–Crippen MR) is 99.6 cm³/mol. The third-order valence-electron chi connectivity index (χ3n) is 5.16. The summed E-state index contributed by atoms with van der Waals surface area (Å²) >= 11 is 0. The van der Waals surface area contributed by atoms with E-state index in [0.717, 1.165) is 19.3 Å². The zero-order valence-corrected chi connectivity index (χ0v) is 16.6. The Morgan fingerprint density at radius 3 is 2.46 bits per heavy atom. The Hall–Kier alpha value is -1.44. The van der Waals surface area contributed by atoms with E-state index in [0.29, 0.717) is 31.8 Å². The molecular formula is C19H28N2O4S. The van der Waals surface area contributed by atoms with Crippen molar-refractivity contribution in [2.45, 2.75) is 56.6 Å². The van der Waals surface area contributed by atoms with E-state index in [1.165, 1.54) is 0 Å². The van der Waals surface area contributed by atoms with Gasteiger partial charge in [0.05, 0.1) is 17.1 Å². The Bertz CT molecular complexity index is 758. The molecule has 0 aliphatic carbocycles. The fourth-order valence-electron chi connectivity index (χ4n) is 3.71. The number of nitrogens with zero attached hydrogens (tertiary/aromatic N) is 2. The van der Waals surface area contributed by atoms with Gasteiger partial charge in [-0.1, -0.05) is 6.42 Å². The van der Waals surface area contributed by atoms with Crippen LogP contribution >= 0.6 is 0 Å². The Kier molecular flexibility index (Phi) is 5.42. The number of sulfonamides is 1. The number of piperidine rings is 1. The van der Waals surface area contributed by atoms with Gasteiger partial charge in [0, 0.05) is 31.2 Å². The highest BCUT2D eigenvalue weighted by molar-refractivity contribution is 7.89. The van der Waals surface area contributed by atoms with Gasteiger partial charge in [-0.05, 0) is 57.9 Å². The molecule has 0 spiro atoms. The molecule has 26 heavy (non-hydrogen) atoms. The molecule has 1 amide bonds. The number of carbonyl (C=O) groups excluding carboxylic acids is 1. The van der Waals surface area contributed by atoms with Crippen LogP contribution in [0.3, 0.4) is 0 Å². The number of ether oxygens (including phenoxy) is 1. The maximum atomic E-state index is 12.9. The molecule has 1 aromatic rings. The first-order valence-corrected chi connectivity index (χ1v) is 10.7. The molecule has 0 aromatic heterocycles. The lowest BCUT2D eigenvalue weighted by molar-refractivity contribution is -0.0764. The Balaban J connectivity index is 1.76. The van der Waals surface area contributed by atoms with Crippen LogP contribution in [0.2, 0.25) is 0 Å². The molecule has 0 bridgehead atoms. The smallest absolute Gasteiger partial charge is 0.254 e. The van der Waals surface area contributed by atoms with Crippen molar-refractivity contribution in [3.8, 4) is 0 Å². The molecule has 1 unspecified atom stereocenters. The highest BCUT2D eigenvalue weighted by Gasteiger charge is 2.32. The van der Waals surface area contributed by atoms with E-state index in [2.05, 4.69) is 0 Å². The van der Waals surface area contributed by atoms with Crippen molar-refractivity contribution in [1.82, 2.24) is 9.21 Å². The molecule has 7 heteroatoms. The van der Waals surface area contributed by atoms with Crippen molar-refractivity contribution in [3.63, 3.8) is 0 Å². The fourth-order valence-corrected chi connectivity index (χ4v) is 5.41. The highest BCUT2D eigenvalue weighted by atomic mass is 32.2. The molecule has 144 valence electrons. The first-order valence-electron chi connectivity index (χ1n) is 9.26. The van der Waals surface area contributed by atoms with Crippen LogP contribution in [0.5, 0.6) is 0 Å². The van der Waals surface area contributed by atoms with Gasteiger partial charge in [-0.2, -0.15) is 4.31 Å². The molecule has 0 radical (unpaired) electrons. The summed E-state index contributed by atoms with van der Waals surface area (Å²) in [5.74, 6) is -0.0864. The third-order valence-corrected chi connectivity index (χ3v) is 7.19. The number of rotatable bonds is 3. The molecule has 0 N–H and O–H groups in total. The van der Waals surface area contributed by atoms with E-state index >= 15 is 0 Å². The Morgan fingerprint density at radius 1 is 1.15 bits per heavy atom. The van der Waals surface area contributed by atoms with Crippen LogP contribution < -0.4 is 0 Å². The molecule has 3 rings (SSSR count). The van der Waals surface area contributed by atoms with Gasteiger partial charge in [0.2, 0.25) is 10.0 Å². The summed E-state index contributed by atoms with van der Waals surface area (Å²) in [4.78, 5) is 14.7. The molecule has 2 fully saturated rings. The van der Waals surface area contributed by atoms with Gasteiger partial charge in [-0.15, -0.1) is 0 Å². The monoisotopic (exact) mass is 380 g/mol. The second-order valence-corrected chi connectivity index (χ2v) is 9.71. The van der Waals surface area contributed by atoms with Crippen LogP contribution in [0.15, 0.2) is 29.2 Å². The topological polar surface area (TPSA) is 66.9 Å². The standard InChI is InChI=1S/C19H28N2O4S/c1-15-6-4-5-11-21(15)26(23,24)17-9-7-16(8-10-17)18(22)20-12-13-25-19(2,3)14-20/h7-10,15H,4-6,11-14H2,1-3H3. The van der Waals surface area contributed by atoms with Crippen molar-refractivity contribution in [2.24, 2.45) is 0 Å². The van der Waals surface area contributed by atoms with Crippen molar-refractivity contribution < 1.29 is 17.9 Å². The molecule has 1 aromatic carbocycles. The van der Waals surface area contributed by atoms with E-state index in [4.69, 9.17) is 4.74 Å². The van der Waals surface area contributed by atoms with E-state index in [-0.39, 0.29) is 22.4 Å². The van der Waals surface area contributed by atoms with Crippen LogP contribution in [-0.4, -0.2) is 61.4 Å². The second-order valence-electron chi connectivity index (χ2n) is 7.82. The first-order chi connectivity index (χ1) is 12.2. The SMILES string of the molecule is CC1CCCCN1S(=O)(=O)c1ccc(C(=O)N2CCOC(C)(C)C2)cc1. The normalized spacial score (nSPS) is 24.4. The van der Waals surface area contributed by atoms with Gasteiger partial charge < -0.3 is 9.64 Å². The minimum atomic E-state index is -3.51. The molecule has 0 saturated carbocycles. The number of carbonyl (C=O) groups is 1. The summed E-state index contributed by atoms with van der Waals surface area (Å²) in [7, 11) is -3.51. The summed E-state index contributed by atoms with van der Waals surface area (Å²) in [6.07, 6.45) is 2.85. The van der Waals surface area contributed by atoms with Crippen LogP contribution in [0.4, 0.5) is 0 Å². The fraction of sp³-hybridized carbons (Fsp3) is 0.632. The first kappa shape index (κ1) is 19.3. The second kappa shape index (κ2) is 7.29. The van der Waals surface area contributed by atoms with Gasteiger partial charge in [-0.25, -0.2) is 8.42 Å². The molecule has 6 nitrogen and oxygen atoms in total. The van der Waals surface area contributed by atoms with E-state index < -0.39 is 10.0 Å². The summed E-state index contributed by atoms with van der Waals surface area (Å²) in [5, 5.41) is 0. The lowest BCUT2D eigenvalue weighted by Crippen LogP contribution is -2.50. The maximum absolute atomic E-state index is 12.9. The van der Waals surface area contributed by atoms with Crippen molar-refractivity contribution >= 4 is 15.9 Å². The number of hydrogen-bond acceptors (Lipinski definition) is 4. The summed E-state index contributed by atoms with van der Waals surface area (Å²) in [6.45, 7) is 8.02. The minimum absolute atomic E-state index is 0.0191. The van der Waals surface area contributed by atoms with Crippen LogP contribution in [-0.2, 0) is 14.8 Å². The molecular weight excluding hydrogens is 352 g/mol. The van der Waals surface area contributed by atoms with Crippen molar-refractivity contribution in [3.05, 3.63) is 29.8 Å². The molecule has 1 atom stereocenters. The van der Waals surface area contributed by atoms with E-state index in [9.17, 15) is 13.2 Å². The number of hydrogen-bond donors (Lipinski definition) is 0. The molecule has 2 aliphatic rings. The molecule has 2 aliphatic heterocycles. The number of benzene rings is 1. The lowest BCUT2D eigenvalue weighted by Gasteiger charge is -2.38. The zero-order valence-electron chi connectivity index (χ0n) is 15.8. The van der Waals surface area contributed by atoms with Crippen LogP contribution in [0.1, 0.15) is 50.4 Å². The Labute approximate surface area is 156 Å². The summed E-state index contributed by atoms with van der Waals surface area (Å²) < 4.78 is 33.0. The van der Waals surface area contributed by atoms with Crippen molar-refractivity contribution in [1.29, 1.82) is 0 Å². The summed E-state index contributed by atoms with van der Waals surface area (Å²) in [5.41, 5.74) is 0.148. The lowest BCUT2D eigenvalue weighted by atomic mass is 10.1. The van der Waals surface area contributed by atoms with E-state index in [1.54, 1.807) is 33.5 Å². The van der Waals surface area contributed by atoms with E-state index in [1.807, 2.05) is 20.8 Å². The third kappa shape index (κ3) is 3.94. The maximum Gasteiger partial charge on any atom is 0.254 e. The van der Waals surface area contributed by atoms with Gasteiger partial charge in [0.1, 0.15) is 0 Å². The minimum Gasteiger partial charge on any atom is -0.372 e. The average Bonchev–Trinajstić information content (AvgIpc) is 2.60. The van der Waals surface area contributed by atoms with Gasteiger partial charge in [0.15, 0.2) is 0 Å². The zero-order chi connectivity index (χ0) is 18.9. The van der Waals surface area contributed by atoms with Crippen molar-refractivity contribution in [2.75, 3.05) is 26.2 Å². The highest BCUT2D eigenvalue weighted by Crippen LogP contribution is 2.26. The molecule has 2 heterocycles. The average molecular weight is 381 g/mol. The van der Waals surface area contributed by atoms with Gasteiger partial charge in [0.25, 0.3) is 5.91 Å². The van der Waals surface area contributed by atoms with Crippen LogP contribution in [0, 0.1) is 0 Å². The largest absolute Gasteiger partial charge is 0.372 e. The Morgan fingerprint density at radius 2 is 1.85 bits per heavy atom. The summed E-state index contributed by atoms with van der Waals surface area (Å²) in [6, 6.07) is 6.36. The molecule has 2 saturated heterocycles. The predicted octanol–water partition coefficient (Wildman–Crippen LogP) is 2.50. The van der Waals surface area contributed by atoms with Gasteiger partial charge >= 0.3 is 0 Å². The van der Waals surface area contributed by atoms with Gasteiger partial charge in [-0.3, -0.25) is 4.79 Å². The van der Waals surface area contributed by atoms with Crippen LogP contribution in [0.25, 0.3) is 0 Å². The number of amides is 1. The number of morpholine rings is 1.